The summed E-state index contributed by atoms with van der Waals surface area (Å²) in [6.07, 6.45) is 2.57. The number of carboxylic acid groups (broad SMARTS) is 1. The number of aromatic nitrogens is 1. The van der Waals surface area contributed by atoms with E-state index in [1.807, 2.05) is 18.2 Å². The second kappa shape index (κ2) is 7.19. The maximum Gasteiger partial charge on any atom is 0.321 e. The number of halogens is 1. The Morgan fingerprint density at radius 2 is 2.00 bits per heavy atom. The van der Waals surface area contributed by atoms with Crippen LogP contribution in [0.15, 0.2) is 30.5 Å². The molecule has 0 saturated carbocycles. The van der Waals surface area contributed by atoms with Gasteiger partial charge in [-0.1, -0.05) is 11.6 Å². The van der Waals surface area contributed by atoms with Crippen LogP contribution in [0.4, 0.5) is 10.5 Å². The van der Waals surface area contributed by atoms with Crippen LogP contribution in [0, 0.1) is 5.92 Å². The van der Waals surface area contributed by atoms with Crippen LogP contribution in [0.1, 0.15) is 12.8 Å². The largest absolute Gasteiger partial charge is 0.481 e. The molecule has 24 heavy (non-hydrogen) atoms. The van der Waals surface area contributed by atoms with Gasteiger partial charge in [-0.3, -0.25) is 9.78 Å². The quantitative estimate of drug-likeness (QED) is 0.866. The predicted molar refractivity (Wildman–Crippen MR) is 93.5 cm³/mol. The zero-order valence-electron chi connectivity index (χ0n) is 12.7. The minimum absolute atomic E-state index is 0.229. The molecule has 2 aromatic heterocycles. The molecule has 6 nitrogen and oxygen atoms in total. The molecule has 2 aromatic rings. The van der Waals surface area contributed by atoms with Crippen LogP contribution in [0.5, 0.6) is 0 Å². The van der Waals surface area contributed by atoms with E-state index in [0.717, 1.165) is 10.6 Å². The van der Waals surface area contributed by atoms with Gasteiger partial charge in [-0.05, 0) is 37.1 Å². The van der Waals surface area contributed by atoms with E-state index in [1.165, 1.54) is 11.3 Å². The smallest absolute Gasteiger partial charge is 0.321 e. The topological polar surface area (TPSA) is 82.5 Å². The summed E-state index contributed by atoms with van der Waals surface area (Å²) in [5, 5.41) is 11.8. The number of hydrogen-bond acceptors (Lipinski definition) is 4. The predicted octanol–water partition coefficient (Wildman–Crippen LogP) is 3.79. The molecule has 0 aromatic carbocycles. The van der Waals surface area contributed by atoms with Gasteiger partial charge in [-0.15, -0.1) is 11.3 Å². The standard InChI is InChI=1S/C16H16ClN3O3S/c17-14-4-3-13(24-14)12-2-1-11(9-18-12)19-16(23)20-7-5-10(6-8-20)15(21)22/h1-4,9-10H,5-8H2,(H,19,23)(H,21,22). The van der Waals surface area contributed by atoms with Crippen LogP contribution >= 0.6 is 22.9 Å². The molecule has 0 radical (unpaired) electrons. The summed E-state index contributed by atoms with van der Waals surface area (Å²) in [6, 6.07) is 7.11. The van der Waals surface area contributed by atoms with Gasteiger partial charge in [0.2, 0.25) is 0 Å². The fourth-order valence-corrected chi connectivity index (χ4v) is 3.62. The Morgan fingerprint density at radius 1 is 1.25 bits per heavy atom. The Labute approximate surface area is 148 Å². The van der Waals surface area contributed by atoms with Crippen LogP contribution in [0.3, 0.4) is 0 Å². The molecule has 0 unspecified atom stereocenters. The highest BCUT2D eigenvalue weighted by atomic mass is 35.5. The number of nitrogens with one attached hydrogen (secondary N) is 1. The molecule has 0 spiro atoms. The van der Waals surface area contributed by atoms with Crippen LogP contribution in [-0.4, -0.2) is 40.1 Å². The first-order valence-electron chi connectivity index (χ1n) is 7.53. The number of anilines is 1. The summed E-state index contributed by atoms with van der Waals surface area (Å²) in [7, 11) is 0. The number of amides is 2. The molecule has 1 saturated heterocycles. The number of urea groups is 1. The number of thiophene rings is 1. The third-order valence-electron chi connectivity index (χ3n) is 3.97. The number of rotatable bonds is 3. The van der Waals surface area contributed by atoms with Gasteiger partial charge in [0.1, 0.15) is 0 Å². The third kappa shape index (κ3) is 3.85. The summed E-state index contributed by atoms with van der Waals surface area (Å²) in [4.78, 5) is 30.1. The first-order chi connectivity index (χ1) is 11.5. The fourth-order valence-electron chi connectivity index (χ4n) is 2.60. The molecule has 3 heterocycles. The van der Waals surface area contributed by atoms with E-state index in [1.54, 1.807) is 17.2 Å². The van der Waals surface area contributed by atoms with Crippen LogP contribution in [0.2, 0.25) is 4.34 Å². The fraction of sp³-hybridized carbons (Fsp3) is 0.312. The molecule has 126 valence electrons. The van der Waals surface area contributed by atoms with Crippen molar-refractivity contribution in [3.05, 3.63) is 34.8 Å². The molecular weight excluding hydrogens is 350 g/mol. The number of aliphatic carboxylic acids is 1. The highest BCUT2D eigenvalue weighted by Gasteiger charge is 2.26. The van der Waals surface area contributed by atoms with E-state index in [4.69, 9.17) is 16.7 Å². The lowest BCUT2D eigenvalue weighted by molar-refractivity contribution is -0.143. The maximum absolute atomic E-state index is 12.2. The summed E-state index contributed by atoms with van der Waals surface area (Å²) in [6.45, 7) is 0.893. The maximum atomic E-state index is 12.2. The zero-order valence-corrected chi connectivity index (χ0v) is 14.3. The van der Waals surface area contributed by atoms with Crippen LogP contribution in [0.25, 0.3) is 10.6 Å². The minimum atomic E-state index is -0.788. The van der Waals surface area contributed by atoms with Crippen molar-refractivity contribution in [1.29, 1.82) is 0 Å². The van der Waals surface area contributed by atoms with Crippen molar-refractivity contribution in [3.63, 3.8) is 0 Å². The van der Waals surface area contributed by atoms with Crippen molar-refractivity contribution in [2.75, 3.05) is 18.4 Å². The lowest BCUT2D eigenvalue weighted by atomic mass is 9.97. The Bertz CT molecular complexity index is 739. The van der Waals surface area contributed by atoms with E-state index in [0.29, 0.717) is 36.0 Å². The Morgan fingerprint density at radius 3 is 2.54 bits per heavy atom. The summed E-state index contributed by atoms with van der Waals surface area (Å²) in [5.74, 6) is -1.14. The van der Waals surface area contributed by atoms with Crippen molar-refractivity contribution in [1.82, 2.24) is 9.88 Å². The van der Waals surface area contributed by atoms with Crippen molar-refractivity contribution >= 4 is 40.6 Å². The van der Waals surface area contributed by atoms with E-state index in [2.05, 4.69) is 10.3 Å². The molecule has 2 amide bonds. The molecule has 8 heteroatoms. The van der Waals surface area contributed by atoms with Crippen molar-refractivity contribution < 1.29 is 14.7 Å². The molecular formula is C16H16ClN3O3S. The number of piperidine rings is 1. The second-order valence-corrected chi connectivity index (χ2v) is 7.28. The molecule has 0 atom stereocenters. The van der Waals surface area contributed by atoms with E-state index in [9.17, 15) is 9.59 Å². The SMILES string of the molecule is O=C(O)C1CCN(C(=O)Nc2ccc(-c3ccc(Cl)s3)nc2)CC1. The van der Waals surface area contributed by atoms with Gasteiger partial charge >= 0.3 is 12.0 Å². The van der Waals surface area contributed by atoms with Crippen molar-refractivity contribution in [2.45, 2.75) is 12.8 Å². The van der Waals surface area contributed by atoms with Crippen molar-refractivity contribution in [3.8, 4) is 10.6 Å². The highest BCUT2D eigenvalue weighted by molar-refractivity contribution is 7.19. The molecule has 0 aliphatic carbocycles. The zero-order chi connectivity index (χ0) is 17.1. The monoisotopic (exact) mass is 365 g/mol. The number of carbonyl (C=O) groups excluding carboxylic acids is 1. The Balaban J connectivity index is 1.58. The first kappa shape index (κ1) is 16.7. The number of nitrogens with zero attached hydrogens (tertiary/aromatic N) is 2. The Hall–Kier alpha value is -2.12. The van der Waals surface area contributed by atoms with Gasteiger partial charge in [-0.25, -0.2) is 4.79 Å². The van der Waals surface area contributed by atoms with Crippen LogP contribution in [-0.2, 0) is 4.79 Å². The molecule has 3 rings (SSSR count). The average Bonchev–Trinajstić information content (AvgIpc) is 3.02. The normalized spacial score (nSPS) is 15.3. The average molecular weight is 366 g/mol. The number of likely N-dealkylation sites (tertiary alicyclic amines) is 1. The van der Waals surface area contributed by atoms with Gasteiger partial charge in [0.15, 0.2) is 0 Å². The summed E-state index contributed by atoms with van der Waals surface area (Å²) >= 11 is 7.36. The number of carbonyl (C=O) groups is 2. The van der Waals surface area contributed by atoms with Gasteiger partial charge in [0.25, 0.3) is 0 Å². The third-order valence-corrected chi connectivity index (χ3v) is 5.23. The van der Waals surface area contributed by atoms with E-state index >= 15 is 0 Å². The molecule has 2 N–H and O–H groups in total. The Kier molecular flexibility index (Phi) is 5.01. The summed E-state index contributed by atoms with van der Waals surface area (Å²) in [5.41, 5.74) is 1.40. The van der Waals surface area contributed by atoms with Crippen LogP contribution < -0.4 is 5.32 Å². The van der Waals surface area contributed by atoms with Gasteiger partial charge in [0, 0.05) is 13.1 Å². The lowest BCUT2D eigenvalue weighted by Gasteiger charge is -2.30. The molecule has 1 aliphatic heterocycles. The van der Waals surface area contributed by atoms with Crippen molar-refractivity contribution in [2.24, 2.45) is 5.92 Å². The second-order valence-electron chi connectivity index (χ2n) is 5.57. The van der Waals surface area contributed by atoms with Gasteiger partial charge < -0.3 is 15.3 Å². The first-order valence-corrected chi connectivity index (χ1v) is 8.73. The summed E-state index contributed by atoms with van der Waals surface area (Å²) < 4.78 is 0.703. The highest BCUT2D eigenvalue weighted by Crippen LogP contribution is 2.30. The minimum Gasteiger partial charge on any atom is -0.481 e. The molecule has 1 fully saturated rings. The van der Waals surface area contributed by atoms with E-state index in [-0.39, 0.29) is 11.9 Å². The number of pyridine rings is 1. The van der Waals surface area contributed by atoms with Gasteiger partial charge in [0.05, 0.1) is 32.7 Å². The molecule has 0 bridgehead atoms. The lowest BCUT2D eigenvalue weighted by Crippen LogP contribution is -2.42. The van der Waals surface area contributed by atoms with E-state index < -0.39 is 5.97 Å². The number of carboxylic acids is 1. The van der Waals surface area contributed by atoms with Gasteiger partial charge in [-0.2, -0.15) is 0 Å². The molecule has 1 aliphatic rings. The number of hydrogen-bond donors (Lipinski definition) is 2.